The molecule has 4 heteroatoms. The second-order valence-electron chi connectivity index (χ2n) is 4.66. The van der Waals surface area contributed by atoms with Crippen molar-refractivity contribution < 1.29 is 9.47 Å². The number of hydrogen-bond donors (Lipinski definition) is 1. The normalized spacial score (nSPS) is 19.7. The number of hydrogen-bond acceptors (Lipinski definition) is 3. The number of ether oxygens (including phenoxy) is 2. The molecule has 1 fully saturated rings. The van der Waals surface area contributed by atoms with Gasteiger partial charge in [0, 0.05) is 11.6 Å². The Balaban J connectivity index is 2.48. The van der Waals surface area contributed by atoms with Gasteiger partial charge in [-0.3, -0.25) is 0 Å². The maximum Gasteiger partial charge on any atom is 0.136 e. The van der Waals surface area contributed by atoms with E-state index in [-0.39, 0.29) is 0 Å². The van der Waals surface area contributed by atoms with Gasteiger partial charge in [-0.25, -0.2) is 0 Å². The highest BCUT2D eigenvalue weighted by Crippen LogP contribution is 2.43. The van der Waals surface area contributed by atoms with Crippen LogP contribution in [0.5, 0.6) is 11.5 Å². The van der Waals surface area contributed by atoms with Crippen LogP contribution in [-0.4, -0.2) is 20.8 Å². The zero-order valence-corrected chi connectivity index (χ0v) is 12.8. The molecule has 1 unspecified atom stereocenters. The summed E-state index contributed by atoms with van der Waals surface area (Å²) >= 11 is 3.67. The van der Waals surface area contributed by atoms with Crippen molar-refractivity contribution in [2.45, 2.75) is 32.2 Å². The Hall–Kier alpha value is -0.740. The van der Waals surface area contributed by atoms with E-state index in [4.69, 9.17) is 9.47 Å². The van der Waals surface area contributed by atoms with Crippen molar-refractivity contribution in [3.05, 3.63) is 21.7 Å². The summed E-state index contributed by atoms with van der Waals surface area (Å²) in [6.45, 7) is 3.10. The van der Waals surface area contributed by atoms with Gasteiger partial charge in [-0.1, -0.05) is 6.42 Å². The van der Waals surface area contributed by atoms with E-state index in [1.54, 1.807) is 14.2 Å². The average Bonchev–Trinajstić information content (AvgIpc) is 2.39. The van der Waals surface area contributed by atoms with E-state index in [2.05, 4.69) is 27.3 Å². The molecule has 1 aromatic carbocycles. The fourth-order valence-corrected chi connectivity index (χ4v) is 3.53. The Bertz CT molecular complexity index is 428. The summed E-state index contributed by atoms with van der Waals surface area (Å²) in [6, 6.07) is 2.40. The molecule has 18 heavy (non-hydrogen) atoms. The Labute approximate surface area is 117 Å². The molecular formula is C14H20BrNO2. The quantitative estimate of drug-likeness (QED) is 0.925. The number of piperidine rings is 1. The first-order chi connectivity index (χ1) is 8.69. The molecule has 0 spiro atoms. The molecular weight excluding hydrogens is 294 g/mol. The minimum Gasteiger partial charge on any atom is -0.496 e. The van der Waals surface area contributed by atoms with Crippen molar-refractivity contribution in [1.82, 2.24) is 5.32 Å². The van der Waals surface area contributed by atoms with E-state index in [1.807, 2.05) is 6.92 Å². The van der Waals surface area contributed by atoms with Crippen molar-refractivity contribution in [1.29, 1.82) is 0 Å². The van der Waals surface area contributed by atoms with Crippen molar-refractivity contribution in [3.63, 3.8) is 0 Å². The summed E-state index contributed by atoms with van der Waals surface area (Å²) in [4.78, 5) is 0. The van der Waals surface area contributed by atoms with Crippen LogP contribution >= 0.6 is 15.9 Å². The molecule has 1 atom stereocenters. The molecule has 0 bridgehead atoms. The topological polar surface area (TPSA) is 30.5 Å². The molecule has 0 saturated carbocycles. The molecule has 2 rings (SSSR count). The van der Waals surface area contributed by atoms with Gasteiger partial charge in [0.15, 0.2) is 0 Å². The lowest BCUT2D eigenvalue weighted by atomic mass is 9.95. The highest BCUT2D eigenvalue weighted by Gasteiger charge is 2.24. The number of methoxy groups -OCH3 is 2. The number of rotatable bonds is 3. The molecule has 0 aromatic heterocycles. The standard InChI is InChI=1S/C14H20BrNO2/c1-9-8-11(17-2)12(13(15)14(9)18-3)10-6-4-5-7-16-10/h8,10,16H,4-7H2,1-3H3. The summed E-state index contributed by atoms with van der Waals surface area (Å²) in [5.41, 5.74) is 2.26. The fourth-order valence-electron chi connectivity index (χ4n) is 2.59. The molecule has 1 saturated heterocycles. The minimum absolute atomic E-state index is 0.345. The van der Waals surface area contributed by atoms with Crippen LogP contribution in [0.2, 0.25) is 0 Å². The van der Waals surface area contributed by atoms with E-state index in [0.717, 1.165) is 34.5 Å². The first kappa shape index (κ1) is 13.7. The van der Waals surface area contributed by atoms with Gasteiger partial charge in [-0.15, -0.1) is 0 Å². The largest absolute Gasteiger partial charge is 0.496 e. The molecule has 3 nitrogen and oxygen atoms in total. The van der Waals surface area contributed by atoms with Crippen molar-refractivity contribution >= 4 is 15.9 Å². The van der Waals surface area contributed by atoms with E-state index in [1.165, 1.54) is 18.4 Å². The van der Waals surface area contributed by atoms with Gasteiger partial charge in [0.25, 0.3) is 0 Å². The Morgan fingerprint density at radius 1 is 1.28 bits per heavy atom. The smallest absolute Gasteiger partial charge is 0.136 e. The van der Waals surface area contributed by atoms with E-state index >= 15 is 0 Å². The van der Waals surface area contributed by atoms with Crippen LogP contribution in [0.1, 0.15) is 36.4 Å². The van der Waals surface area contributed by atoms with Crippen LogP contribution in [0.3, 0.4) is 0 Å². The third kappa shape index (κ3) is 2.50. The van der Waals surface area contributed by atoms with Crippen LogP contribution in [0, 0.1) is 6.92 Å². The number of halogens is 1. The highest BCUT2D eigenvalue weighted by molar-refractivity contribution is 9.10. The predicted molar refractivity (Wildman–Crippen MR) is 76.6 cm³/mol. The van der Waals surface area contributed by atoms with Crippen molar-refractivity contribution in [2.75, 3.05) is 20.8 Å². The molecule has 0 aliphatic carbocycles. The van der Waals surface area contributed by atoms with Gasteiger partial charge in [0.2, 0.25) is 0 Å². The first-order valence-corrected chi connectivity index (χ1v) is 7.12. The molecule has 0 amide bonds. The van der Waals surface area contributed by atoms with Crippen LogP contribution in [0.15, 0.2) is 10.5 Å². The molecule has 1 N–H and O–H groups in total. The van der Waals surface area contributed by atoms with E-state index in [9.17, 15) is 0 Å². The molecule has 1 aliphatic rings. The Morgan fingerprint density at radius 3 is 2.61 bits per heavy atom. The molecule has 1 heterocycles. The zero-order valence-electron chi connectivity index (χ0n) is 11.2. The summed E-state index contributed by atoms with van der Waals surface area (Å²) in [6.07, 6.45) is 3.64. The first-order valence-electron chi connectivity index (χ1n) is 6.33. The van der Waals surface area contributed by atoms with Crippen molar-refractivity contribution in [2.24, 2.45) is 0 Å². The molecule has 1 aliphatic heterocycles. The zero-order chi connectivity index (χ0) is 13.1. The summed E-state index contributed by atoms with van der Waals surface area (Å²) in [5.74, 6) is 1.83. The molecule has 1 aromatic rings. The average molecular weight is 314 g/mol. The predicted octanol–water partition coefficient (Wildman–Crippen LogP) is 3.59. The van der Waals surface area contributed by atoms with E-state index in [0.29, 0.717) is 6.04 Å². The lowest BCUT2D eigenvalue weighted by Gasteiger charge is -2.27. The van der Waals surface area contributed by atoms with Gasteiger partial charge in [0.1, 0.15) is 11.5 Å². The maximum atomic E-state index is 5.53. The van der Waals surface area contributed by atoms with Crippen LogP contribution in [-0.2, 0) is 0 Å². The Morgan fingerprint density at radius 2 is 2.06 bits per heavy atom. The Kier molecular flexibility index (Phi) is 4.51. The highest BCUT2D eigenvalue weighted by atomic mass is 79.9. The third-order valence-corrected chi connectivity index (χ3v) is 4.28. The number of benzene rings is 1. The summed E-state index contributed by atoms with van der Waals surface area (Å²) in [5, 5.41) is 3.56. The monoisotopic (exact) mass is 313 g/mol. The fraction of sp³-hybridized carbons (Fsp3) is 0.571. The second kappa shape index (κ2) is 5.93. The number of nitrogens with one attached hydrogen (secondary N) is 1. The SMILES string of the molecule is COc1cc(C)c(OC)c(Br)c1C1CCCCN1. The number of aryl methyl sites for hydroxylation is 1. The van der Waals surface area contributed by atoms with Crippen molar-refractivity contribution in [3.8, 4) is 11.5 Å². The minimum atomic E-state index is 0.345. The lowest BCUT2D eigenvalue weighted by molar-refractivity contribution is 0.364. The van der Waals surface area contributed by atoms with Gasteiger partial charge < -0.3 is 14.8 Å². The van der Waals surface area contributed by atoms with Gasteiger partial charge in [0.05, 0.1) is 18.7 Å². The maximum absolute atomic E-state index is 5.53. The van der Waals surface area contributed by atoms with E-state index < -0.39 is 0 Å². The van der Waals surface area contributed by atoms with Gasteiger partial charge in [-0.05, 0) is 53.9 Å². The molecule has 0 radical (unpaired) electrons. The lowest BCUT2D eigenvalue weighted by Crippen LogP contribution is -2.27. The summed E-state index contributed by atoms with van der Waals surface area (Å²) in [7, 11) is 3.43. The summed E-state index contributed by atoms with van der Waals surface area (Å²) < 4.78 is 12.0. The van der Waals surface area contributed by atoms with Gasteiger partial charge >= 0.3 is 0 Å². The second-order valence-corrected chi connectivity index (χ2v) is 5.45. The van der Waals surface area contributed by atoms with Crippen LogP contribution < -0.4 is 14.8 Å². The van der Waals surface area contributed by atoms with Crippen LogP contribution in [0.4, 0.5) is 0 Å². The third-order valence-electron chi connectivity index (χ3n) is 3.49. The van der Waals surface area contributed by atoms with Gasteiger partial charge in [-0.2, -0.15) is 0 Å². The molecule has 100 valence electrons. The van der Waals surface area contributed by atoms with Crippen LogP contribution in [0.25, 0.3) is 0 Å².